The van der Waals surface area contributed by atoms with Crippen molar-refractivity contribution in [2.45, 2.75) is 59.8 Å². The summed E-state index contributed by atoms with van der Waals surface area (Å²) in [6.07, 6.45) is 7.49. The van der Waals surface area contributed by atoms with Crippen LogP contribution in [0.3, 0.4) is 0 Å². The van der Waals surface area contributed by atoms with E-state index in [0.29, 0.717) is 0 Å². The summed E-state index contributed by atoms with van der Waals surface area (Å²) in [5, 5.41) is 0. The van der Waals surface area contributed by atoms with Crippen LogP contribution in [0, 0.1) is 29.1 Å². The number of hydrogen-bond donors (Lipinski definition) is 0. The molecule has 2 fully saturated rings. The van der Waals surface area contributed by atoms with E-state index in [1.54, 1.807) is 12.8 Å². The Kier molecular flexibility index (Phi) is 2.66. The van der Waals surface area contributed by atoms with Gasteiger partial charge in [-0.3, -0.25) is 0 Å². The third-order valence-electron chi connectivity index (χ3n) is 5.24. The SMILES string of the molecule is CCC1CCC2(C(CC)C(C)C)CC12. The Hall–Kier alpha value is 0. The number of rotatable bonds is 4. The van der Waals surface area contributed by atoms with E-state index in [1.165, 1.54) is 19.3 Å². The van der Waals surface area contributed by atoms with Crippen molar-refractivity contribution in [2.75, 3.05) is 0 Å². The van der Waals surface area contributed by atoms with Crippen LogP contribution in [0.25, 0.3) is 0 Å². The molecule has 0 saturated heterocycles. The smallest absolute Gasteiger partial charge is 0.0233 e. The van der Waals surface area contributed by atoms with Gasteiger partial charge in [0.05, 0.1) is 0 Å². The van der Waals surface area contributed by atoms with Crippen molar-refractivity contribution in [2.24, 2.45) is 29.1 Å². The third kappa shape index (κ3) is 1.33. The van der Waals surface area contributed by atoms with Crippen LogP contribution in [0.15, 0.2) is 0 Å². The fourth-order valence-corrected chi connectivity index (χ4v) is 4.57. The van der Waals surface area contributed by atoms with Gasteiger partial charge in [0.25, 0.3) is 0 Å². The molecule has 0 heterocycles. The maximum Gasteiger partial charge on any atom is -0.0233 e. The second-order valence-corrected chi connectivity index (χ2v) is 6.01. The zero-order valence-electron chi connectivity index (χ0n) is 10.3. The Labute approximate surface area is 89.5 Å². The molecule has 0 spiro atoms. The predicted octanol–water partition coefficient (Wildman–Crippen LogP) is 4.49. The fourth-order valence-electron chi connectivity index (χ4n) is 4.57. The van der Waals surface area contributed by atoms with Crippen LogP contribution in [0.2, 0.25) is 0 Å². The van der Waals surface area contributed by atoms with Gasteiger partial charge in [-0.2, -0.15) is 0 Å². The summed E-state index contributed by atoms with van der Waals surface area (Å²) >= 11 is 0. The first-order valence-electron chi connectivity index (χ1n) is 6.65. The fraction of sp³-hybridized carbons (Fsp3) is 1.00. The molecule has 82 valence electrons. The molecule has 0 aromatic rings. The lowest BCUT2D eigenvalue weighted by molar-refractivity contribution is 0.211. The largest absolute Gasteiger partial charge is 0.0651 e. The van der Waals surface area contributed by atoms with Crippen molar-refractivity contribution in [3.8, 4) is 0 Å². The average molecular weight is 194 g/mol. The second kappa shape index (κ2) is 3.54. The second-order valence-electron chi connectivity index (χ2n) is 6.01. The Balaban J connectivity index is 2.06. The molecule has 0 radical (unpaired) electrons. The van der Waals surface area contributed by atoms with Crippen LogP contribution >= 0.6 is 0 Å². The van der Waals surface area contributed by atoms with Gasteiger partial charge in [-0.15, -0.1) is 0 Å². The highest BCUT2D eigenvalue weighted by Gasteiger charge is 2.63. The molecule has 14 heavy (non-hydrogen) atoms. The normalized spacial score (nSPS) is 42.6. The first kappa shape index (κ1) is 10.5. The van der Waals surface area contributed by atoms with E-state index in [2.05, 4.69) is 27.7 Å². The number of fused-ring (bicyclic) bond motifs is 1. The van der Waals surface area contributed by atoms with Crippen LogP contribution in [-0.4, -0.2) is 0 Å². The average Bonchev–Trinajstić information content (AvgIpc) is 2.75. The third-order valence-corrected chi connectivity index (χ3v) is 5.24. The van der Waals surface area contributed by atoms with Gasteiger partial charge in [0.15, 0.2) is 0 Å². The summed E-state index contributed by atoms with van der Waals surface area (Å²) in [6, 6.07) is 0. The summed E-state index contributed by atoms with van der Waals surface area (Å²) in [5.41, 5.74) is 0.823. The lowest BCUT2D eigenvalue weighted by Gasteiger charge is -2.28. The molecule has 0 heteroatoms. The van der Waals surface area contributed by atoms with Gasteiger partial charge < -0.3 is 0 Å². The van der Waals surface area contributed by atoms with Crippen LogP contribution < -0.4 is 0 Å². The molecule has 0 aromatic heterocycles. The summed E-state index contributed by atoms with van der Waals surface area (Å²) in [6.45, 7) is 9.64. The molecule has 0 N–H and O–H groups in total. The van der Waals surface area contributed by atoms with Gasteiger partial charge >= 0.3 is 0 Å². The minimum absolute atomic E-state index is 0.823. The van der Waals surface area contributed by atoms with E-state index < -0.39 is 0 Å². The highest BCUT2D eigenvalue weighted by atomic mass is 14.7. The van der Waals surface area contributed by atoms with E-state index in [0.717, 1.165) is 29.1 Å². The van der Waals surface area contributed by atoms with Crippen molar-refractivity contribution in [3.63, 3.8) is 0 Å². The molecule has 2 aliphatic carbocycles. The first-order valence-corrected chi connectivity index (χ1v) is 6.65. The molecule has 2 saturated carbocycles. The topological polar surface area (TPSA) is 0 Å². The van der Waals surface area contributed by atoms with E-state index >= 15 is 0 Å². The van der Waals surface area contributed by atoms with Crippen molar-refractivity contribution in [1.29, 1.82) is 0 Å². The quantitative estimate of drug-likeness (QED) is 0.618. The zero-order valence-corrected chi connectivity index (χ0v) is 10.3. The molecule has 0 aromatic carbocycles. The van der Waals surface area contributed by atoms with Crippen LogP contribution in [0.4, 0.5) is 0 Å². The highest BCUT2D eigenvalue weighted by molar-refractivity contribution is 5.12. The van der Waals surface area contributed by atoms with Crippen molar-refractivity contribution in [1.82, 2.24) is 0 Å². The van der Waals surface area contributed by atoms with Gasteiger partial charge in [-0.05, 0) is 48.3 Å². The molecule has 0 bridgehead atoms. The van der Waals surface area contributed by atoms with Crippen molar-refractivity contribution >= 4 is 0 Å². The lowest BCUT2D eigenvalue weighted by atomic mass is 9.77. The minimum Gasteiger partial charge on any atom is -0.0651 e. The standard InChI is InChI=1S/C14H26/c1-5-11-7-8-14(9-13(11)14)12(6-2)10(3)4/h10-13H,5-9H2,1-4H3. The Morgan fingerprint density at radius 3 is 2.36 bits per heavy atom. The summed E-state index contributed by atoms with van der Waals surface area (Å²) in [7, 11) is 0. The molecular formula is C14H26. The van der Waals surface area contributed by atoms with Crippen molar-refractivity contribution < 1.29 is 0 Å². The molecule has 4 atom stereocenters. The van der Waals surface area contributed by atoms with E-state index in [-0.39, 0.29) is 0 Å². The first-order chi connectivity index (χ1) is 6.65. The molecule has 0 amide bonds. The summed E-state index contributed by atoms with van der Waals surface area (Å²) in [5.74, 6) is 4.13. The van der Waals surface area contributed by atoms with Crippen LogP contribution in [0.5, 0.6) is 0 Å². The lowest BCUT2D eigenvalue weighted by Crippen LogP contribution is -2.20. The molecule has 0 aliphatic heterocycles. The molecule has 0 nitrogen and oxygen atoms in total. The highest BCUT2D eigenvalue weighted by Crippen LogP contribution is 2.71. The van der Waals surface area contributed by atoms with E-state index in [9.17, 15) is 0 Å². The molecule has 2 aliphatic rings. The Morgan fingerprint density at radius 2 is 2.00 bits per heavy atom. The molecular weight excluding hydrogens is 168 g/mol. The monoisotopic (exact) mass is 194 g/mol. The maximum atomic E-state index is 2.43. The van der Waals surface area contributed by atoms with Gasteiger partial charge in [0, 0.05) is 0 Å². The Bertz CT molecular complexity index is 206. The van der Waals surface area contributed by atoms with Gasteiger partial charge in [-0.1, -0.05) is 40.5 Å². The van der Waals surface area contributed by atoms with E-state index in [4.69, 9.17) is 0 Å². The van der Waals surface area contributed by atoms with Crippen LogP contribution in [-0.2, 0) is 0 Å². The maximum absolute atomic E-state index is 2.43. The minimum atomic E-state index is 0.823. The number of hydrogen-bond acceptors (Lipinski definition) is 0. The van der Waals surface area contributed by atoms with Crippen LogP contribution in [0.1, 0.15) is 59.8 Å². The molecule has 4 unspecified atom stereocenters. The summed E-state index contributed by atoms with van der Waals surface area (Å²) < 4.78 is 0. The predicted molar refractivity (Wildman–Crippen MR) is 62.2 cm³/mol. The Morgan fingerprint density at radius 1 is 1.29 bits per heavy atom. The van der Waals surface area contributed by atoms with E-state index in [1.807, 2.05) is 0 Å². The summed E-state index contributed by atoms with van der Waals surface area (Å²) in [4.78, 5) is 0. The zero-order chi connectivity index (χ0) is 10.3. The van der Waals surface area contributed by atoms with Crippen molar-refractivity contribution in [3.05, 3.63) is 0 Å². The molecule has 2 rings (SSSR count). The van der Waals surface area contributed by atoms with Gasteiger partial charge in [0.2, 0.25) is 0 Å². The van der Waals surface area contributed by atoms with Gasteiger partial charge in [0.1, 0.15) is 0 Å². The van der Waals surface area contributed by atoms with Gasteiger partial charge in [-0.25, -0.2) is 0 Å².